The Morgan fingerprint density at radius 3 is 2.44 bits per heavy atom. The second-order valence-corrected chi connectivity index (χ2v) is 6.74. The maximum atomic E-state index is 11.8. The van der Waals surface area contributed by atoms with Crippen LogP contribution in [0.15, 0.2) is 0 Å². The van der Waals surface area contributed by atoms with Crippen LogP contribution in [0.2, 0.25) is 0 Å². The largest absolute Gasteiger partial charge is 0.459 e. The van der Waals surface area contributed by atoms with Crippen LogP contribution in [0.3, 0.4) is 0 Å². The van der Waals surface area contributed by atoms with E-state index in [1.54, 1.807) is 0 Å². The number of hydrogen-bond acceptors (Lipinski definition) is 2. The third kappa shape index (κ3) is 3.90. The molecule has 1 unspecified atom stereocenters. The van der Waals surface area contributed by atoms with Gasteiger partial charge in [0.15, 0.2) is 0 Å². The molecule has 0 saturated heterocycles. The number of rotatable bonds is 4. The van der Waals surface area contributed by atoms with E-state index in [1.807, 2.05) is 6.92 Å². The molecule has 0 aromatic carbocycles. The molecule has 1 rings (SSSR count). The Kier molecular flexibility index (Phi) is 5.54. The van der Waals surface area contributed by atoms with Crippen molar-refractivity contribution in [2.24, 2.45) is 5.92 Å². The van der Waals surface area contributed by atoms with E-state index in [0.717, 1.165) is 6.42 Å². The maximum absolute atomic E-state index is 11.8. The molecular weight excluding hydrogens is 315 g/mol. The van der Waals surface area contributed by atoms with E-state index in [-0.39, 0.29) is 15.5 Å². The quantitative estimate of drug-likeness (QED) is 0.438. The predicted octanol–water partition coefficient (Wildman–Crippen LogP) is 4.10. The fourth-order valence-corrected chi connectivity index (χ4v) is 2.50. The van der Waals surface area contributed by atoms with Crippen molar-refractivity contribution in [2.45, 2.75) is 68.8 Å². The summed E-state index contributed by atoms with van der Waals surface area (Å²) in [6.07, 6.45) is 7.17. The lowest BCUT2D eigenvalue weighted by molar-refractivity contribution is -0.161. The van der Waals surface area contributed by atoms with E-state index < -0.39 is 0 Å². The highest BCUT2D eigenvalue weighted by atomic mass is 127. The molecule has 1 fully saturated rings. The molecule has 94 valence electrons. The normalized spacial score (nSPS) is 20.5. The first kappa shape index (κ1) is 14.3. The molecule has 3 heteroatoms. The summed E-state index contributed by atoms with van der Waals surface area (Å²) in [7, 11) is 0. The molecule has 0 bridgehead atoms. The molecule has 0 radical (unpaired) electrons. The molecular formula is C13H23IO2. The number of ether oxygens (including phenoxy) is 1. The van der Waals surface area contributed by atoms with Gasteiger partial charge < -0.3 is 4.74 Å². The second-order valence-electron chi connectivity index (χ2n) is 5.24. The smallest absolute Gasteiger partial charge is 0.319 e. The van der Waals surface area contributed by atoms with Gasteiger partial charge >= 0.3 is 5.97 Å². The van der Waals surface area contributed by atoms with Crippen molar-refractivity contribution in [1.29, 1.82) is 0 Å². The summed E-state index contributed by atoms with van der Waals surface area (Å²) in [6.45, 7) is 6.16. The van der Waals surface area contributed by atoms with Gasteiger partial charge in [0.2, 0.25) is 0 Å². The van der Waals surface area contributed by atoms with Crippen LogP contribution in [0.1, 0.15) is 59.3 Å². The zero-order valence-electron chi connectivity index (χ0n) is 10.6. The number of esters is 1. The molecule has 0 amide bonds. The first-order valence-corrected chi connectivity index (χ1v) is 7.59. The number of hydrogen-bond donors (Lipinski definition) is 0. The summed E-state index contributed by atoms with van der Waals surface area (Å²) in [5, 5.41) is 0. The highest BCUT2D eigenvalue weighted by molar-refractivity contribution is 14.1. The monoisotopic (exact) mass is 338 g/mol. The van der Waals surface area contributed by atoms with Crippen LogP contribution in [0.25, 0.3) is 0 Å². The van der Waals surface area contributed by atoms with Crippen molar-refractivity contribution in [1.82, 2.24) is 0 Å². The molecule has 1 atom stereocenters. The van der Waals surface area contributed by atoms with Crippen molar-refractivity contribution in [3.63, 3.8) is 0 Å². The molecule has 16 heavy (non-hydrogen) atoms. The standard InChI is InChI=1S/C13H23IO2/c1-4-11(14)12(15)16-13(2,3)10-8-6-5-7-9-10/h10-11H,4-9H2,1-3H3. The Morgan fingerprint density at radius 2 is 1.94 bits per heavy atom. The highest BCUT2D eigenvalue weighted by Crippen LogP contribution is 2.35. The molecule has 0 aromatic rings. The average Bonchev–Trinajstić information content (AvgIpc) is 2.28. The van der Waals surface area contributed by atoms with Crippen LogP contribution >= 0.6 is 22.6 Å². The van der Waals surface area contributed by atoms with Gasteiger partial charge in [-0.25, -0.2) is 0 Å². The fraction of sp³-hybridized carbons (Fsp3) is 0.923. The van der Waals surface area contributed by atoms with Crippen molar-refractivity contribution < 1.29 is 9.53 Å². The van der Waals surface area contributed by atoms with Crippen LogP contribution < -0.4 is 0 Å². The van der Waals surface area contributed by atoms with Gasteiger partial charge in [-0.1, -0.05) is 48.8 Å². The van der Waals surface area contributed by atoms with Gasteiger partial charge in [0.1, 0.15) is 9.53 Å². The third-order valence-corrected chi connectivity index (χ3v) is 4.96. The molecule has 0 aromatic heterocycles. The van der Waals surface area contributed by atoms with Crippen molar-refractivity contribution >= 4 is 28.6 Å². The molecule has 1 aliphatic rings. The van der Waals surface area contributed by atoms with Crippen LogP contribution in [-0.2, 0) is 9.53 Å². The Bertz CT molecular complexity index is 232. The molecule has 0 spiro atoms. The number of carbonyl (C=O) groups is 1. The molecule has 1 aliphatic carbocycles. The lowest BCUT2D eigenvalue weighted by atomic mass is 9.79. The summed E-state index contributed by atoms with van der Waals surface area (Å²) >= 11 is 2.17. The molecule has 0 N–H and O–H groups in total. The van der Waals surface area contributed by atoms with E-state index in [2.05, 4.69) is 36.4 Å². The van der Waals surface area contributed by atoms with Gasteiger partial charge in [0, 0.05) is 0 Å². The van der Waals surface area contributed by atoms with E-state index in [9.17, 15) is 4.79 Å². The number of halogens is 1. The Balaban J connectivity index is 2.52. The Hall–Kier alpha value is 0.200. The van der Waals surface area contributed by atoms with Gasteiger partial charge in [-0.3, -0.25) is 4.79 Å². The van der Waals surface area contributed by atoms with Gasteiger partial charge in [-0.05, 0) is 39.0 Å². The summed E-state index contributed by atoms with van der Waals surface area (Å²) in [6, 6.07) is 0. The highest BCUT2D eigenvalue weighted by Gasteiger charge is 2.35. The molecule has 0 heterocycles. The number of carbonyl (C=O) groups excluding carboxylic acids is 1. The second kappa shape index (κ2) is 6.22. The first-order chi connectivity index (χ1) is 7.47. The lowest BCUT2D eigenvalue weighted by Gasteiger charge is -2.36. The zero-order valence-corrected chi connectivity index (χ0v) is 12.7. The van der Waals surface area contributed by atoms with Gasteiger partial charge in [0.25, 0.3) is 0 Å². The molecule has 0 aliphatic heterocycles. The maximum Gasteiger partial charge on any atom is 0.319 e. The predicted molar refractivity (Wildman–Crippen MR) is 74.8 cm³/mol. The first-order valence-electron chi connectivity index (χ1n) is 6.34. The summed E-state index contributed by atoms with van der Waals surface area (Å²) < 4.78 is 5.68. The average molecular weight is 338 g/mol. The van der Waals surface area contributed by atoms with E-state index in [1.165, 1.54) is 32.1 Å². The van der Waals surface area contributed by atoms with Crippen LogP contribution in [0.4, 0.5) is 0 Å². The Morgan fingerprint density at radius 1 is 1.38 bits per heavy atom. The van der Waals surface area contributed by atoms with Crippen molar-refractivity contribution in [3.05, 3.63) is 0 Å². The molecule has 1 saturated carbocycles. The van der Waals surface area contributed by atoms with Gasteiger partial charge in [0.05, 0.1) is 0 Å². The van der Waals surface area contributed by atoms with Crippen LogP contribution in [-0.4, -0.2) is 15.5 Å². The topological polar surface area (TPSA) is 26.3 Å². The van der Waals surface area contributed by atoms with Crippen molar-refractivity contribution in [3.8, 4) is 0 Å². The summed E-state index contributed by atoms with van der Waals surface area (Å²) in [5.74, 6) is 0.504. The van der Waals surface area contributed by atoms with E-state index in [4.69, 9.17) is 4.74 Å². The van der Waals surface area contributed by atoms with Gasteiger partial charge in [-0.2, -0.15) is 0 Å². The lowest BCUT2D eigenvalue weighted by Crippen LogP contribution is -2.39. The van der Waals surface area contributed by atoms with Crippen LogP contribution in [0, 0.1) is 5.92 Å². The minimum Gasteiger partial charge on any atom is -0.459 e. The number of alkyl halides is 1. The van der Waals surface area contributed by atoms with Crippen molar-refractivity contribution in [2.75, 3.05) is 0 Å². The van der Waals surface area contributed by atoms with Crippen LogP contribution in [0.5, 0.6) is 0 Å². The third-order valence-electron chi connectivity index (χ3n) is 3.57. The summed E-state index contributed by atoms with van der Waals surface area (Å²) in [4.78, 5) is 11.8. The summed E-state index contributed by atoms with van der Waals surface area (Å²) in [5.41, 5.74) is -0.282. The minimum absolute atomic E-state index is 0.000431. The zero-order chi connectivity index (χ0) is 12.2. The fourth-order valence-electron chi connectivity index (χ4n) is 2.37. The minimum atomic E-state index is -0.282. The van der Waals surface area contributed by atoms with E-state index in [0.29, 0.717) is 5.92 Å². The SMILES string of the molecule is CCC(I)C(=O)OC(C)(C)C1CCCCC1. The Labute approximate surface area is 113 Å². The van der Waals surface area contributed by atoms with Gasteiger partial charge in [-0.15, -0.1) is 0 Å². The van der Waals surface area contributed by atoms with E-state index >= 15 is 0 Å². The molecule has 2 nitrogen and oxygen atoms in total.